The minimum atomic E-state index is -0.225. The van der Waals surface area contributed by atoms with Crippen LogP contribution in [0.1, 0.15) is 63.6 Å². The molecule has 202 valence electrons. The molecule has 0 saturated carbocycles. The third-order valence-electron chi connectivity index (χ3n) is 8.77. The van der Waals surface area contributed by atoms with Gasteiger partial charge in [0.05, 0.1) is 23.7 Å². The summed E-state index contributed by atoms with van der Waals surface area (Å²) < 4.78 is 5.19. The van der Waals surface area contributed by atoms with E-state index in [9.17, 15) is 9.59 Å². The number of carbonyl (C=O) groups is 2. The van der Waals surface area contributed by atoms with Crippen LogP contribution in [0.15, 0.2) is 60.9 Å². The Morgan fingerprint density at radius 1 is 1.03 bits per heavy atom. The van der Waals surface area contributed by atoms with Crippen LogP contribution in [0.4, 0.5) is 5.69 Å². The van der Waals surface area contributed by atoms with Gasteiger partial charge in [-0.05, 0) is 91.1 Å². The van der Waals surface area contributed by atoms with Crippen LogP contribution in [0, 0.1) is 5.41 Å². The van der Waals surface area contributed by atoms with Gasteiger partial charge in [0.15, 0.2) is 0 Å². The highest BCUT2D eigenvalue weighted by Gasteiger charge is 2.42. The van der Waals surface area contributed by atoms with E-state index in [1.807, 2.05) is 35.5 Å². The molecule has 3 aromatic rings. The molecule has 1 spiro atoms. The molecule has 1 unspecified atom stereocenters. The smallest absolute Gasteiger partial charge is 0.253 e. The normalized spacial score (nSPS) is 19.7. The number of rotatable bonds is 5. The minimum absolute atomic E-state index is 0.0846. The highest BCUT2D eigenvalue weighted by Crippen LogP contribution is 2.42. The van der Waals surface area contributed by atoms with Gasteiger partial charge >= 0.3 is 0 Å². The predicted octanol–water partition coefficient (Wildman–Crippen LogP) is 5.29. The zero-order valence-electron chi connectivity index (χ0n) is 22.2. The molecule has 3 aliphatic rings. The zero-order valence-corrected chi connectivity index (χ0v) is 22.9. The molecule has 7 nitrogen and oxygen atoms in total. The molecule has 1 N–H and O–H groups in total. The van der Waals surface area contributed by atoms with E-state index in [0.29, 0.717) is 21.9 Å². The van der Waals surface area contributed by atoms with Gasteiger partial charge in [-0.25, -0.2) is 0 Å². The van der Waals surface area contributed by atoms with Crippen molar-refractivity contribution in [2.45, 2.75) is 38.1 Å². The first-order valence-electron chi connectivity index (χ1n) is 13.7. The number of aromatic nitrogens is 1. The number of nitrogens with zero attached hydrogens (tertiary/aromatic N) is 3. The number of nitrogens with one attached hydrogen (secondary N) is 1. The molecule has 1 atom stereocenters. The standard InChI is InChI=1S/C31H33ClN4O3/c1-39-24-5-6-25(27(32)19-24)29(37)34-28-7-4-21-2-3-22(18-26(21)28)30(38)36-17-12-31(20-36)10-15-35(16-11-31)23-8-13-33-14-9-23/h2-3,5-6,8-9,13-14,18-19,28H,4,7,10-12,15-17,20H2,1H3,(H,34,37). The Labute approximate surface area is 234 Å². The lowest BCUT2D eigenvalue weighted by molar-refractivity contribution is 0.0764. The van der Waals surface area contributed by atoms with E-state index in [-0.39, 0.29) is 23.3 Å². The molecule has 8 heteroatoms. The predicted molar refractivity (Wildman–Crippen MR) is 152 cm³/mol. The van der Waals surface area contributed by atoms with Gasteiger partial charge < -0.3 is 19.9 Å². The average Bonchev–Trinajstić information content (AvgIpc) is 3.57. The van der Waals surface area contributed by atoms with Gasteiger partial charge in [0.25, 0.3) is 11.8 Å². The number of aryl methyl sites for hydroxylation is 1. The van der Waals surface area contributed by atoms with Crippen molar-refractivity contribution in [1.82, 2.24) is 15.2 Å². The molecule has 0 radical (unpaired) electrons. The van der Waals surface area contributed by atoms with Crippen molar-refractivity contribution in [3.05, 3.63) is 88.2 Å². The highest BCUT2D eigenvalue weighted by atomic mass is 35.5. The largest absolute Gasteiger partial charge is 0.497 e. The fourth-order valence-electron chi connectivity index (χ4n) is 6.42. The molecule has 2 saturated heterocycles. The van der Waals surface area contributed by atoms with Crippen LogP contribution < -0.4 is 15.0 Å². The van der Waals surface area contributed by atoms with Crippen LogP contribution in [0.2, 0.25) is 5.02 Å². The third kappa shape index (κ3) is 5.08. The average molecular weight is 545 g/mol. The minimum Gasteiger partial charge on any atom is -0.497 e. The number of anilines is 1. The molecule has 1 aliphatic carbocycles. The summed E-state index contributed by atoms with van der Waals surface area (Å²) in [5.74, 6) is 0.465. The number of fused-ring (bicyclic) bond motifs is 1. The molecule has 2 fully saturated rings. The second-order valence-electron chi connectivity index (χ2n) is 11.0. The first-order chi connectivity index (χ1) is 18.9. The number of hydrogen-bond donors (Lipinski definition) is 1. The van der Waals surface area contributed by atoms with Crippen molar-refractivity contribution in [2.24, 2.45) is 5.41 Å². The number of ether oxygens (including phenoxy) is 1. The molecule has 2 amide bonds. The SMILES string of the molecule is COc1ccc(C(=O)NC2CCc3ccc(C(=O)N4CCC5(CCN(c6ccncc6)CC5)C4)cc32)c(Cl)c1. The van der Waals surface area contributed by atoms with Crippen molar-refractivity contribution >= 4 is 29.1 Å². The lowest BCUT2D eigenvalue weighted by Crippen LogP contribution is -2.42. The van der Waals surface area contributed by atoms with Crippen LogP contribution >= 0.6 is 11.6 Å². The molecule has 6 rings (SSSR count). The lowest BCUT2D eigenvalue weighted by atomic mass is 9.77. The number of carbonyl (C=O) groups excluding carboxylic acids is 2. The number of pyridine rings is 1. The van der Waals surface area contributed by atoms with E-state index in [0.717, 1.165) is 63.8 Å². The lowest BCUT2D eigenvalue weighted by Gasteiger charge is -2.40. The van der Waals surface area contributed by atoms with Gasteiger partial charge in [-0.2, -0.15) is 0 Å². The third-order valence-corrected chi connectivity index (χ3v) is 9.09. The van der Waals surface area contributed by atoms with Crippen LogP contribution in [0.25, 0.3) is 0 Å². The first kappa shape index (κ1) is 25.7. The fraction of sp³-hybridized carbons (Fsp3) is 0.387. The van der Waals surface area contributed by atoms with Gasteiger partial charge in [-0.3, -0.25) is 14.6 Å². The second-order valence-corrected chi connectivity index (χ2v) is 11.4. The van der Waals surface area contributed by atoms with Crippen LogP contribution in [0.5, 0.6) is 5.75 Å². The monoisotopic (exact) mass is 544 g/mol. The van der Waals surface area contributed by atoms with Gasteiger partial charge in [0, 0.05) is 49.8 Å². The van der Waals surface area contributed by atoms with Gasteiger partial charge in [-0.15, -0.1) is 0 Å². The van der Waals surface area contributed by atoms with Crippen molar-refractivity contribution < 1.29 is 14.3 Å². The molecule has 3 heterocycles. The van der Waals surface area contributed by atoms with E-state index >= 15 is 0 Å². The number of benzene rings is 2. The van der Waals surface area contributed by atoms with Crippen molar-refractivity contribution in [3.8, 4) is 5.75 Å². The Hall–Kier alpha value is -3.58. The number of halogens is 1. The maximum Gasteiger partial charge on any atom is 0.253 e. The molecular formula is C31H33ClN4O3. The van der Waals surface area contributed by atoms with E-state index in [1.54, 1.807) is 25.3 Å². The fourth-order valence-corrected chi connectivity index (χ4v) is 6.68. The number of piperidine rings is 1. The summed E-state index contributed by atoms with van der Waals surface area (Å²) in [6, 6.07) is 15.0. The summed E-state index contributed by atoms with van der Waals surface area (Å²) in [6.07, 6.45) is 8.58. The number of methoxy groups -OCH3 is 1. The summed E-state index contributed by atoms with van der Waals surface area (Å²) in [5.41, 5.74) is 4.74. The van der Waals surface area contributed by atoms with E-state index in [1.165, 1.54) is 11.3 Å². The van der Waals surface area contributed by atoms with Crippen LogP contribution in [0.3, 0.4) is 0 Å². The molecule has 2 aromatic carbocycles. The molecular weight excluding hydrogens is 512 g/mol. The Morgan fingerprint density at radius 2 is 1.79 bits per heavy atom. The topological polar surface area (TPSA) is 74.8 Å². The Balaban J connectivity index is 1.11. The molecule has 39 heavy (non-hydrogen) atoms. The van der Waals surface area contributed by atoms with E-state index in [4.69, 9.17) is 16.3 Å². The highest BCUT2D eigenvalue weighted by molar-refractivity contribution is 6.34. The van der Waals surface area contributed by atoms with Gasteiger partial charge in [-0.1, -0.05) is 17.7 Å². The summed E-state index contributed by atoms with van der Waals surface area (Å²) in [6.45, 7) is 3.61. The van der Waals surface area contributed by atoms with Gasteiger partial charge in [0.2, 0.25) is 0 Å². The summed E-state index contributed by atoms with van der Waals surface area (Å²) >= 11 is 6.33. The number of likely N-dealkylation sites (tertiary alicyclic amines) is 1. The second kappa shape index (κ2) is 10.5. The van der Waals surface area contributed by atoms with Crippen LogP contribution in [-0.2, 0) is 6.42 Å². The van der Waals surface area contributed by atoms with Gasteiger partial charge in [0.1, 0.15) is 5.75 Å². The summed E-state index contributed by atoms with van der Waals surface area (Å²) in [5, 5.41) is 3.48. The van der Waals surface area contributed by atoms with E-state index < -0.39 is 0 Å². The maximum atomic E-state index is 13.6. The van der Waals surface area contributed by atoms with E-state index in [2.05, 4.69) is 27.3 Å². The zero-order chi connectivity index (χ0) is 27.0. The van der Waals surface area contributed by atoms with Crippen molar-refractivity contribution in [3.63, 3.8) is 0 Å². The summed E-state index contributed by atoms with van der Waals surface area (Å²) in [7, 11) is 1.56. The van der Waals surface area contributed by atoms with Crippen molar-refractivity contribution in [2.75, 3.05) is 38.2 Å². The molecule has 2 aliphatic heterocycles. The molecule has 0 bridgehead atoms. The Morgan fingerprint density at radius 3 is 2.54 bits per heavy atom. The first-order valence-corrected chi connectivity index (χ1v) is 14.0. The quantitative estimate of drug-likeness (QED) is 0.472. The number of hydrogen-bond acceptors (Lipinski definition) is 5. The Kier molecular flexibility index (Phi) is 6.94. The number of amides is 2. The maximum absolute atomic E-state index is 13.6. The molecule has 1 aromatic heterocycles. The Bertz CT molecular complexity index is 1390. The van der Waals surface area contributed by atoms with Crippen LogP contribution in [-0.4, -0.2) is 55.0 Å². The van der Waals surface area contributed by atoms with Crippen molar-refractivity contribution in [1.29, 1.82) is 0 Å². The summed E-state index contributed by atoms with van der Waals surface area (Å²) in [4.78, 5) is 35.2.